The van der Waals surface area contributed by atoms with E-state index in [9.17, 15) is 4.79 Å². The fraction of sp³-hybridized carbons (Fsp3) is 0.250. The van der Waals surface area contributed by atoms with Gasteiger partial charge in [-0.2, -0.15) is 0 Å². The van der Waals surface area contributed by atoms with Gasteiger partial charge < -0.3 is 15.5 Å². The van der Waals surface area contributed by atoms with Crippen LogP contribution in [0.15, 0.2) is 22.6 Å². The molecule has 1 aromatic carbocycles. The van der Waals surface area contributed by atoms with Crippen LogP contribution in [0.4, 0.5) is 5.69 Å². The first-order chi connectivity index (χ1) is 10.0. The molecule has 5 heteroatoms. The van der Waals surface area contributed by atoms with Gasteiger partial charge in [0.2, 0.25) is 5.76 Å². The third kappa shape index (κ3) is 3.50. The molecule has 0 aliphatic heterocycles. The maximum absolute atomic E-state index is 12.2. The Kier molecular flexibility index (Phi) is 4.41. The van der Waals surface area contributed by atoms with E-state index in [-0.39, 0.29) is 18.2 Å². The Labute approximate surface area is 123 Å². The zero-order valence-electron chi connectivity index (χ0n) is 12.3. The molecule has 108 valence electrons. The van der Waals surface area contributed by atoms with Crippen molar-refractivity contribution in [3.05, 3.63) is 46.7 Å². The van der Waals surface area contributed by atoms with Crippen molar-refractivity contribution in [1.82, 2.24) is 4.98 Å². The number of nitrogens with one attached hydrogen (secondary N) is 1. The minimum Gasteiger partial charge on any atom is -0.436 e. The zero-order chi connectivity index (χ0) is 15.4. The lowest BCUT2D eigenvalue weighted by Gasteiger charge is -2.07. The van der Waals surface area contributed by atoms with E-state index in [1.165, 1.54) is 0 Å². The molecule has 0 saturated heterocycles. The number of anilines is 1. The molecular weight excluding hydrogens is 266 g/mol. The van der Waals surface area contributed by atoms with Gasteiger partial charge >= 0.3 is 0 Å². The van der Waals surface area contributed by atoms with Crippen LogP contribution in [0.3, 0.4) is 0 Å². The zero-order valence-corrected chi connectivity index (χ0v) is 12.3. The number of carbonyl (C=O) groups is 1. The lowest BCUT2D eigenvalue weighted by molar-refractivity contribution is 0.0994. The molecule has 0 atom stereocenters. The fourth-order valence-corrected chi connectivity index (χ4v) is 1.94. The first-order valence-electron chi connectivity index (χ1n) is 6.56. The van der Waals surface area contributed by atoms with Crippen molar-refractivity contribution in [2.24, 2.45) is 5.73 Å². The normalized spacial score (nSPS) is 9.90. The minimum atomic E-state index is -0.340. The Morgan fingerprint density at radius 1 is 1.38 bits per heavy atom. The van der Waals surface area contributed by atoms with Gasteiger partial charge in [0.15, 0.2) is 5.89 Å². The molecule has 1 heterocycles. The number of aryl methyl sites for hydroxylation is 3. The minimum absolute atomic E-state index is 0.214. The Hall–Kier alpha value is -2.58. The quantitative estimate of drug-likeness (QED) is 0.828. The first kappa shape index (κ1) is 14.8. The molecule has 0 unspecified atom stereocenters. The Morgan fingerprint density at radius 3 is 2.76 bits per heavy atom. The molecule has 2 rings (SSSR count). The molecule has 0 radical (unpaired) electrons. The van der Waals surface area contributed by atoms with Crippen molar-refractivity contribution in [1.29, 1.82) is 0 Å². The van der Waals surface area contributed by atoms with Crippen LogP contribution < -0.4 is 11.1 Å². The van der Waals surface area contributed by atoms with Crippen molar-refractivity contribution in [2.45, 2.75) is 20.8 Å². The molecule has 3 N–H and O–H groups in total. The summed E-state index contributed by atoms with van der Waals surface area (Å²) < 4.78 is 5.31. The third-order valence-electron chi connectivity index (χ3n) is 2.86. The summed E-state index contributed by atoms with van der Waals surface area (Å²) in [6.45, 7) is 5.66. The molecule has 5 nitrogen and oxygen atoms in total. The average Bonchev–Trinajstić information content (AvgIpc) is 2.78. The standard InChI is InChI=1S/C16H17N3O2/c1-10-6-7-14(13(9-10)5-4-8-17)19-16(20)15-11(2)18-12(3)21-15/h6-7,9H,8,17H2,1-3H3,(H,19,20). The summed E-state index contributed by atoms with van der Waals surface area (Å²) in [5.74, 6) is 6.08. The topological polar surface area (TPSA) is 81.2 Å². The Balaban J connectivity index is 2.31. The van der Waals surface area contributed by atoms with E-state index in [1.54, 1.807) is 13.8 Å². The molecule has 1 amide bonds. The van der Waals surface area contributed by atoms with E-state index >= 15 is 0 Å². The van der Waals surface area contributed by atoms with Gasteiger partial charge in [-0.3, -0.25) is 4.79 Å². The highest BCUT2D eigenvalue weighted by Gasteiger charge is 2.17. The molecule has 0 spiro atoms. The van der Waals surface area contributed by atoms with Gasteiger partial charge in [-0.05, 0) is 31.5 Å². The summed E-state index contributed by atoms with van der Waals surface area (Å²) in [7, 11) is 0. The summed E-state index contributed by atoms with van der Waals surface area (Å²) in [5.41, 5.74) is 8.36. The van der Waals surface area contributed by atoms with Crippen LogP contribution in [0.2, 0.25) is 0 Å². The lowest BCUT2D eigenvalue weighted by atomic mass is 10.1. The number of nitrogens with two attached hydrogens (primary N) is 1. The molecule has 0 aliphatic rings. The highest BCUT2D eigenvalue weighted by molar-refractivity contribution is 6.03. The summed E-state index contributed by atoms with van der Waals surface area (Å²) >= 11 is 0. The van der Waals surface area contributed by atoms with Crippen LogP contribution in [-0.4, -0.2) is 17.4 Å². The number of nitrogens with zero attached hydrogens (tertiary/aromatic N) is 1. The molecule has 2 aromatic rings. The lowest BCUT2D eigenvalue weighted by Crippen LogP contribution is -2.13. The molecule has 1 aromatic heterocycles. The van der Waals surface area contributed by atoms with Crippen LogP contribution in [0.5, 0.6) is 0 Å². The summed E-state index contributed by atoms with van der Waals surface area (Å²) in [4.78, 5) is 16.3. The predicted octanol–water partition coefficient (Wildman–Crippen LogP) is 2.16. The molecule has 0 fully saturated rings. The highest BCUT2D eigenvalue weighted by Crippen LogP contribution is 2.18. The molecule has 0 bridgehead atoms. The van der Waals surface area contributed by atoms with Gasteiger partial charge in [0.25, 0.3) is 5.91 Å². The van der Waals surface area contributed by atoms with Gasteiger partial charge in [0.05, 0.1) is 17.9 Å². The summed E-state index contributed by atoms with van der Waals surface area (Å²) in [6.07, 6.45) is 0. The summed E-state index contributed by atoms with van der Waals surface area (Å²) in [5, 5.41) is 2.80. The second kappa shape index (κ2) is 6.25. The van der Waals surface area contributed by atoms with Gasteiger partial charge in [-0.15, -0.1) is 0 Å². The van der Waals surface area contributed by atoms with E-state index in [4.69, 9.17) is 10.2 Å². The van der Waals surface area contributed by atoms with E-state index in [1.807, 2.05) is 25.1 Å². The van der Waals surface area contributed by atoms with E-state index in [0.717, 1.165) is 11.1 Å². The van der Waals surface area contributed by atoms with E-state index in [0.29, 0.717) is 17.3 Å². The Bertz CT molecular complexity index is 736. The largest absolute Gasteiger partial charge is 0.436 e. The first-order valence-corrected chi connectivity index (χ1v) is 6.56. The van der Waals surface area contributed by atoms with E-state index in [2.05, 4.69) is 22.1 Å². The third-order valence-corrected chi connectivity index (χ3v) is 2.86. The second-order valence-electron chi connectivity index (χ2n) is 4.66. The number of hydrogen-bond acceptors (Lipinski definition) is 4. The van der Waals surface area contributed by atoms with Crippen molar-refractivity contribution >= 4 is 11.6 Å². The number of benzene rings is 1. The molecular formula is C16H17N3O2. The molecule has 0 saturated carbocycles. The van der Waals surface area contributed by atoms with Gasteiger partial charge in [-0.25, -0.2) is 4.98 Å². The smallest absolute Gasteiger partial charge is 0.293 e. The van der Waals surface area contributed by atoms with Crippen LogP contribution in [0.1, 0.15) is 33.3 Å². The van der Waals surface area contributed by atoms with Gasteiger partial charge in [-0.1, -0.05) is 17.9 Å². The maximum Gasteiger partial charge on any atom is 0.293 e. The predicted molar refractivity (Wildman–Crippen MR) is 81.0 cm³/mol. The van der Waals surface area contributed by atoms with Crippen molar-refractivity contribution in [3.63, 3.8) is 0 Å². The molecule has 21 heavy (non-hydrogen) atoms. The van der Waals surface area contributed by atoms with Gasteiger partial charge in [0.1, 0.15) is 0 Å². The highest BCUT2D eigenvalue weighted by atomic mass is 16.4. The number of rotatable bonds is 2. The van der Waals surface area contributed by atoms with Crippen molar-refractivity contribution < 1.29 is 9.21 Å². The maximum atomic E-state index is 12.2. The van der Waals surface area contributed by atoms with Crippen LogP contribution in [0.25, 0.3) is 0 Å². The van der Waals surface area contributed by atoms with Crippen molar-refractivity contribution in [2.75, 3.05) is 11.9 Å². The summed E-state index contributed by atoms with van der Waals surface area (Å²) in [6, 6.07) is 5.62. The fourth-order valence-electron chi connectivity index (χ4n) is 1.94. The average molecular weight is 283 g/mol. The van der Waals surface area contributed by atoms with Gasteiger partial charge in [0, 0.05) is 12.5 Å². The SMILES string of the molecule is Cc1ccc(NC(=O)c2oc(C)nc2C)c(C#CCN)c1. The number of amides is 1. The molecule has 0 aliphatic carbocycles. The Morgan fingerprint density at radius 2 is 2.14 bits per heavy atom. The number of carbonyl (C=O) groups excluding carboxylic acids is 1. The number of aromatic nitrogens is 1. The van der Waals surface area contributed by atoms with Crippen molar-refractivity contribution in [3.8, 4) is 11.8 Å². The number of oxazole rings is 1. The van der Waals surface area contributed by atoms with Crippen LogP contribution in [0, 0.1) is 32.6 Å². The van der Waals surface area contributed by atoms with Crippen LogP contribution in [-0.2, 0) is 0 Å². The number of hydrogen-bond donors (Lipinski definition) is 2. The second-order valence-corrected chi connectivity index (χ2v) is 4.66. The van der Waals surface area contributed by atoms with E-state index < -0.39 is 0 Å². The van der Waals surface area contributed by atoms with Crippen LogP contribution >= 0.6 is 0 Å². The monoisotopic (exact) mass is 283 g/mol.